The Kier molecular flexibility index (Phi) is 4.66. The second kappa shape index (κ2) is 6.29. The van der Waals surface area contributed by atoms with E-state index in [0.29, 0.717) is 19.5 Å². The van der Waals surface area contributed by atoms with Gasteiger partial charge in [0.15, 0.2) is 0 Å². The molecule has 21 heavy (non-hydrogen) atoms. The zero-order valence-corrected chi connectivity index (χ0v) is 13.1. The summed E-state index contributed by atoms with van der Waals surface area (Å²) in [5.74, 6) is 0.156. The van der Waals surface area contributed by atoms with Crippen molar-refractivity contribution in [3.8, 4) is 0 Å². The van der Waals surface area contributed by atoms with Gasteiger partial charge in [-0.2, -0.15) is 0 Å². The van der Waals surface area contributed by atoms with Crippen LogP contribution in [-0.4, -0.2) is 41.8 Å². The molecule has 1 aliphatic heterocycles. The van der Waals surface area contributed by atoms with Gasteiger partial charge in [-0.15, -0.1) is 0 Å². The van der Waals surface area contributed by atoms with E-state index in [9.17, 15) is 9.59 Å². The number of benzene rings is 1. The minimum Gasteiger partial charge on any atom is -0.343 e. The number of piperidine rings is 1. The molecule has 0 saturated carbocycles. The summed E-state index contributed by atoms with van der Waals surface area (Å²) in [4.78, 5) is 28.4. The molecule has 1 heterocycles. The summed E-state index contributed by atoms with van der Waals surface area (Å²) in [5, 5.41) is 0. The SMILES string of the molecule is CCN1CCC(C)(C(=O)N(C)Cc2ccccc2)CC1=O. The van der Waals surface area contributed by atoms with Crippen LogP contribution in [0.2, 0.25) is 0 Å². The van der Waals surface area contributed by atoms with E-state index in [1.807, 2.05) is 56.1 Å². The van der Waals surface area contributed by atoms with Crippen LogP contribution in [0.25, 0.3) is 0 Å². The second-order valence-corrected chi connectivity index (χ2v) is 6.11. The third kappa shape index (κ3) is 3.43. The maximum Gasteiger partial charge on any atom is 0.229 e. The number of nitrogens with zero attached hydrogens (tertiary/aromatic N) is 2. The van der Waals surface area contributed by atoms with Crippen LogP contribution in [0, 0.1) is 5.41 Å². The summed E-state index contributed by atoms with van der Waals surface area (Å²) in [6.07, 6.45) is 1.06. The Labute approximate surface area is 126 Å². The maximum atomic E-state index is 12.7. The second-order valence-electron chi connectivity index (χ2n) is 6.11. The zero-order valence-electron chi connectivity index (χ0n) is 13.1. The summed E-state index contributed by atoms with van der Waals surface area (Å²) in [5.41, 5.74) is 0.543. The van der Waals surface area contributed by atoms with Crippen molar-refractivity contribution in [2.24, 2.45) is 5.41 Å². The van der Waals surface area contributed by atoms with Gasteiger partial charge in [0.25, 0.3) is 0 Å². The number of rotatable bonds is 4. The highest BCUT2D eigenvalue weighted by atomic mass is 16.2. The fourth-order valence-electron chi connectivity index (χ4n) is 2.95. The van der Waals surface area contributed by atoms with Crippen molar-refractivity contribution in [2.45, 2.75) is 33.2 Å². The predicted octanol–water partition coefficient (Wildman–Crippen LogP) is 2.29. The molecule has 4 nitrogen and oxygen atoms in total. The van der Waals surface area contributed by atoms with Gasteiger partial charge >= 0.3 is 0 Å². The Morgan fingerprint density at radius 1 is 1.33 bits per heavy atom. The average Bonchev–Trinajstić information content (AvgIpc) is 2.47. The first kappa shape index (κ1) is 15.5. The molecule has 0 N–H and O–H groups in total. The van der Waals surface area contributed by atoms with Crippen LogP contribution in [0.3, 0.4) is 0 Å². The molecule has 1 fully saturated rings. The molecule has 0 aliphatic carbocycles. The van der Waals surface area contributed by atoms with Crippen LogP contribution in [0.4, 0.5) is 0 Å². The van der Waals surface area contributed by atoms with Gasteiger partial charge in [0, 0.05) is 33.1 Å². The lowest BCUT2D eigenvalue weighted by molar-refractivity contribution is -0.151. The third-order valence-corrected chi connectivity index (χ3v) is 4.33. The van der Waals surface area contributed by atoms with Gasteiger partial charge in [-0.1, -0.05) is 37.3 Å². The smallest absolute Gasteiger partial charge is 0.229 e. The lowest BCUT2D eigenvalue weighted by Crippen LogP contribution is -2.49. The van der Waals surface area contributed by atoms with Crippen molar-refractivity contribution in [3.63, 3.8) is 0 Å². The number of likely N-dealkylation sites (tertiary alicyclic amines) is 1. The minimum absolute atomic E-state index is 0.0652. The molecule has 2 amide bonds. The van der Waals surface area contributed by atoms with Crippen LogP contribution in [0.1, 0.15) is 32.3 Å². The Hall–Kier alpha value is -1.84. The van der Waals surface area contributed by atoms with Crippen molar-refractivity contribution in [2.75, 3.05) is 20.1 Å². The Morgan fingerprint density at radius 2 is 2.00 bits per heavy atom. The van der Waals surface area contributed by atoms with E-state index in [1.54, 1.807) is 4.90 Å². The summed E-state index contributed by atoms with van der Waals surface area (Å²) in [6, 6.07) is 9.93. The Balaban J connectivity index is 2.03. The molecular formula is C17H24N2O2. The number of carbonyl (C=O) groups is 2. The first-order valence-electron chi connectivity index (χ1n) is 7.53. The highest BCUT2D eigenvalue weighted by Gasteiger charge is 2.41. The quantitative estimate of drug-likeness (QED) is 0.853. The fraction of sp³-hybridized carbons (Fsp3) is 0.529. The summed E-state index contributed by atoms with van der Waals surface area (Å²) in [7, 11) is 1.82. The molecule has 0 bridgehead atoms. The lowest BCUT2D eigenvalue weighted by Gasteiger charge is -2.39. The lowest BCUT2D eigenvalue weighted by atomic mass is 9.78. The van der Waals surface area contributed by atoms with E-state index in [1.165, 1.54) is 0 Å². The van der Waals surface area contributed by atoms with Crippen LogP contribution >= 0.6 is 0 Å². The largest absolute Gasteiger partial charge is 0.343 e. The normalized spacial score (nSPS) is 22.2. The van der Waals surface area contributed by atoms with Gasteiger partial charge in [-0.25, -0.2) is 0 Å². The summed E-state index contributed by atoms with van der Waals surface area (Å²) < 4.78 is 0. The highest BCUT2D eigenvalue weighted by molar-refractivity contribution is 5.89. The number of amides is 2. The maximum absolute atomic E-state index is 12.7. The first-order chi connectivity index (χ1) is 9.96. The van der Waals surface area contributed by atoms with Crippen molar-refractivity contribution < 1.29 is 9.59 Å². The monoisotopic (exact) mass is 288 g/mol. The van der Waals surface area contributed by atoms with Crippen LogP contribution in [-0.2, 0) is 16.1 Å². The van der Waals surface area contributed by atoms with Gasteiger partial charge in [-0.3, -0.25) is 9.59 Å². The Bertz CT molecular complexity index is 515. The Morgan fingerprint density at radius 3 is 2.57 bits per heavy atom. The fourth-order valence-corrected chi connectivity index (χ4v) is 2.95. The molecule has 1 aliphatic rings. The number of carbonyl (C=O) groups excluding carboxylic acids is 2. The van der Waals surface area contributed by atoms with Crippen LogP contribution in [0.5, 0.6) is 0 Å². The first-order valence-corrected chi connectivity index (χ1v) is 7.53. The molecule has 4 heteroatoms. The molecular weight excluding hydrogens is 264 g/mol. The van der Waals surface area contributed by atoms with Gasteiger partial charge in [0.05, 0.1) is 5.41 Å². The molecule has 0 aromatic heterocycles. The number of hydrogen-bond donors (Lipinski definition) is 0. The van der Waals surface area contributed by atoms with E-state index in [4.69, 9.17) is 0 Å². The molecule has 114 valence electrons. The van der Waals surface area contributed by atoms with E-state index < -0.39 is 5.41 Å². The molecule has 0 spiro atoms. The van der Waals surface area contributed by atoms with Crippen molar-refractivity contribution in [1.29, 1.82) is 0 Å². The third-order valence-electron chi connectivity index (χ3n) is 4.33. The molecule has 1 saturated heterocycles. The topological polar surface area (TPSA) is 40.6 Å². The van der Waals surface area contributed by atoms with Gasteiger partial charge in [0.1, 0.15) is 0 Å². The van der Waals surface area contributed by atoms with E-state index in [-0.39, 0.29) is 11.8 Å². The summed E-state index contributed by atoms with van der Waals surface area (Å²) >= 11 is 0. The molecule has 1 aromatic rings. The highest BCUT2D eigenvalue weighted by Crippen LogP contribution is 2.33. The van der Waals surface area contributed by atoms with E-state index in [0.717, 1.165) is 18.5 Å². The minimum atomic E-state index is -0.563. The molecule has 2 rings (SSSR count). The van der Waals surface area contributed by atoms with Crippen molar-refractivity contribution in [1.82, 2.24) is 9.80 Å². The van der Waals surface area contributed by atoms with E-state index in [2.05, 4.69) is 0 Å². The molecule has 1 atom stereocenters. The van der Waals surface area contributed by atoms with Crippen LogP contribution in [0.15, 0.2) is 30.3 Å². The van der Waals surface area contributed by atoms with E-state index >= 15 is 0 Å². The van der Waals surface area contributed by atoms with Gasteiger partial charge in [0.2, 0.25) is 11.8 Å². The van der Waals surface area contributed by atoms with Crippen LogP contribution < -0.4 is 0 Å². The zero-order chi connectivity index (χ0) is 15.5. The summed E-state index contributed by atoms with van der Waals surface area (Å²) in [6.45, 7) is 5.88. The van der Waals surface area contributed by atoms with Crippen molar-refractivity contribution in [3.05, 3.63) is 35.9 Å². The molecule has 1 aromatic carbocycles. The average molecular weight is 288 g/mol. The predicted molar refractivity (Wildman–Crippen MR) is 82.5 cm³/mol. The van der Waals surface area contributed by atoms with Gasteiger partial charge in [-0.05, 0) is 18.9 Å². The molecule has 0 radical (unpaired) electrons. The number of hydrogen-bond acceptors (Lipinski definition) is 2. The van der Waals surface area contributed by atoms with Gasteiger partial charge < -0.3 is 9.80 Å². The standard InChI is InChI=1S/C17H24N2O2/c1-4-19-11-10-17(2,12-15(19)20)16(21)18(3)13-14-8-6-5-7-9-14/h5-9H,4,10-13H2,1-3H3. The van der Waals surface area contributed by atoms with Crippen molar-refractivity contribution >= 4 is 11.8 Å². The molecule has 1 unspecified atom stereocenters.